The lowest BCUT2D eigenvalue weighted by molar-refractivity contribution is -0.133. The molecule has 7 nitrogen and oxygen atoms in total. The van der Waals surface area contributed by atoms with Gasteiger partial charge < -0.3 is 15.1 Å². The summed E-state index contributed by atoms with van der Waals surface area (Å²) in [6.45, 7) is 2.95. The van der Waals surface area contributed by atoms with Gasteiger partial charge in [-0.3, -0.25) is 14.9 Å². The van der Waals surface area contributed by atoms with Crippen molar-refractivity contribution >= 4 is 23.5 Å². The van der Waals surface area contributed by atoms with Gasteiger partial charge in [0, 0.05) is 31.9 Å². The number of rotatable bonds is 3. The number of hydrogen-bond acceptors (Lipinski definition) is 4. The second-order valence-corrected chi connectivity index (χ2v) is 5.78. The fraction of sp³-hybridized carbons (Fsp3) is 0.438. The summed E-state index contributed by atoms with van der Waals surface area (Å²) >= 11 is 0. The number of imide groups is 1. The Labute approximate surface area is 134 Å². The molecule has 2 heterocycles. The van der Waals surface area contributed by atoms with E-state index in [-0.39, 0.29) is 12.3 Å². The third-order valence-electron chi connectivity index (χ3n) is 4.21. The lowest BCUT2D eigenvalue weighted by atomic mass is 10.2. The van der Waals surface area contributed by atoms with Crippen LogP contribution in [0.25, 0.3) is 0 Å². The van der Waals surface area contributed by atoms with Crippen LogP contribution in [0.2, 0.25) is 0 Å². The predicted octanol–water partition coefficient (Wildman–Crippen LogP) is 0.323. The minimum atomic E-state index is -0.747. The lowest BCUT2D eigenvalue weighted by Gasteiger charge is -2.24. The first kappa shape index (κ1) is 15.3. The Hall–Kier alpha value is -2.57. The Balaban J connectivity index is 1.56. The van der Waals surface area contributed by atoms with E-state index in [0.29, 0.717) is 13.1 Å². The van der Waals surface area contributed by atoms with Crippen LogP contribution in [-0.4, -0.2) is 55.0 Å². The third kappa shape index (κ3) is 3.61. The molecule has 2 aliphatic heterocycles. The fourth-order valence-electron chi connectivity index (χ4n) is 2.97. The lowest BCUT2D eigenvalue weighted by Crippen LogP contribution is -2.40. The van der Waals surface area contributed by atoms with Gasteiger partial charge in [0.1, 0.15) is 6.04 Å². The fourth-order valence-corrected chi connectivity index (χ4v) is 2.97. The maximum Gasteiger partial charge on any atom is 0.322 e. The average molecular weight is 316 g/mol. The molecule has 0 aliphatic carbocycles. The molecule has 2 N–H and O–H groups in total. The van der Waals surface area contributed by atoms with Crippen LogP contribution in [0.1, 0.15) is 12.8 Å². The molecule has 0 saturated carbocycles. The molecule has 0 bridgehead atoms. The number of nitrogens with zero attached hydrogens (tertiary/aromatic N) is 2. The topological polar surface area (TPSA) is 81.8 Å². The van der Waals surface area contributed by atoms with Gasteiger partial charge in [0.2, 0.25) is 5.91 Å². The highest BCUT2D eigenvalue weighted by molar-refractivity contribution is 6.05. The van der Waals surface area contributed by atoms with Crippen LogP contribution in [0.3, 0.4) is 0 Å². The normalized spacial score (nSPS) is 21.7. The van der Waals surface area contributed by atoms with Crippen LogP contribution in [0.4, 0.5) is 10.5 Å². The Morgan fingerprint density at radius 1 is 1.09 bits per heavy atom. The van der Waals surface area contributed by atoms with E-state index in [0.717, 1.165) is 25.2 Å². The van der Waals surface area contributed by atoms with Gasteiger partial charge in [0.15, 0.2) is 0 Å². The molecule has 0 unspecified atom stereocenters. The zero-order valence-corrected chi connectivity index (χ0v) is 12.8. The first-order valence-corrected chi connectivity index (χ1v) is 7.82. The number of urea groups is 1. The van der Waals surface area contributed by atoms with Crippen molar-refractivity contribution in [3.8, 4) is 0 Å². The zero-order chi connectivity index (χ0) is 16.2. The number of hydrogen-bond donors (Lipinski definition) is 2. The SMILES string of the molecule is O=C1NC(=O)[C@@H](CC(=O)N2CCCN(c3ccccc3)CC2)N1. The molecule has 0 spiro atoms. The number of para-hydroxylation sites is 1. The minimum absolute atomic E-state index is 0.0168. The molecular weight excluding hydrogens is 296 g/mol. The number of carbonyl (C=O) groups is 3. The van der Waals surface area contributed by atoms with Crippen molar-refractivity contribution in [2.24, 2.45) is 0 Å². The number of anilines is 1. The molecule has 2 saturated heterocycles. The summed E-state index contributed by atoms with van der Waals surface area (Å²) in [6, 6.07) is 8.85. The van der Waals surface area contributed by atoms with Gasteiger partial charge in [-0.25, -0.2) is 4.79 Å². The zero-order valence-electron chi connectivity index (χ0n) is 12.8. The molecule has 122 valence electrons. The van der Waals surface area contributed by atoms with Crippen LogP contribution < -0.4 is 15.5 Å². The van der Waals surface area contributed by atoms with Gasteiger partial charge in [-0.15, -0.1) is 0 Å². The summed E-state index contributed by atoms with van der Waals surface area (Å²) in [5, 5.41) is 4.61. The van der Waals surface area contributed by atoms with Crippen molar-refractivity contribution in [1.29, 1.82) is 0 Å². The Morgan fingerprint density at radius 2 is 1.87 bits per heavy atom. The predicted molar refractivity (Wildman–Crippen MR) is 84.9 cm³/mol. The Kier molecular flexibility index (Phi) is 4.45. The number of benzene rings is 1. The van der Waals surface area contributed by atoms with E-state index in [2.05, 4.69) is 27.7 Å². The van der Waals surface area contributed by atoms with E-state index in [9.17, 15) is 14.4 Å². The second kappa shape index (κ2) is 6.68. The molecule has 2 fully saturated rings. The quantitative estimate of drug-likeness (QED) is 0.787. The van der Waals surface area contributed by atoms with Gasteiger partial charge in [-0.2, -0.15) is 0 Å². The van der Waals surface area contributed by atoms with E-state index in [1.807, 2.05) is 18.2 Å². The average Bonchev–Trinajstić information content (AvgIpc) is 2.76. The molecule has 23 heavy (non-hydrogen) atoms. The smallest absolute Gasteiger partial charge is 0.322 e. The molecule has 1 aromatic carbocycles. The Morgan fingerprint density at radius 3 is 2.57 bits per heavy atom. The van der Waals surface area contributed by atoms with Gasteiger partial charge in [0.05, 0.1) is 6.42 Å². The molecule has 4 amide bonds. The Bertz CT molecular complexity index is 605. The first-order valence-electron chi connectivity index (χ1n) is 7.82. The first-order chi connectivity index (χ1) is 11.1. The summed E-state index contributed by atoms with van der Waals surface area (Å²) in [5.74, 6) is -0.522. The maximum atomic E-state index is 12.4. The summed E-state index contributed by atoms with van der Waals surface area (Å²) in [7, 11) is 0. The van der Waals surface area contributed by atoms with Crippen molar-refractivity contribution in [2.45, 2.75) is 18.9 Å². The van der Waals surface area contributed by atoms with E-state index < -0.39 is 18.0 Å². The van der Waals surface area contributed by atoms with E-state index >= 15 is 0 Å². The van der Waals surface area contributed by atoms with Crippen molar-refractivity contribution in [1.82, 2.24) is 15.5 Å². The van der Waals surface area contributed by atoms with Crippen molar-refractivity contribution in [3.05, 3.63) is 30.3 Å². The van der Waals surface area contributed by atoms with Crippen LogP contribution in [-0.2, 0) is 9.59 Å². The summed E-state index contributed by atoms with van der Waals surface area (Å²) in [5.41, 5.74) is 1.16. The highest BCUT2D eigenvalue weighted by Gasteiger charge is 2.32. The van der Waals surface area contributed by atoms with E-state index in [1.54, 1.807) is 4.90 Å². The number of amides is 4. The molecule has 0 aromatic heterocycles. The highest BCUT2D eigenvalue weighted by atomic mass is 16.2. The van der Waals surface area contributed by atoms with Gasteiger partial charge in [-0.05, 0) is 18.6 Å². The van der Waals surface area contributed by atoms with E-state index in [4.69, 9.17) is 0 Å². The highest BCUT2D eigenvalue weighted by Crippen LogP contribution is 2.16. The van der Waals surface area contributed by atoms with Crippen molar-refractivity contribution in [3.63, 3.8) is 0 Å². The van der Waals surface area contributed by atoms with Crippen molar-refractivity contribution < 1.29 is 14.4 Å². The van der Waals surface area contributed by atoms with Crippen LogP contribution in [0.5, 0.6) is 0 Å². The molecular formula is C16H20N4O3. The molecule has 7 heteroatoms. The molecule has 2 aliphatic rings. The summed E-state index contributed by atoms with van der Waals surface area (Å²) in [4.78, 5) is 39.1. The number of nitrogens with one attached hydrogen (secondary N) is 2. The largest absolute Gasteiger partial charge is 0.370 e. The molecule has 1 aromatic rings. The second-order valence-electron chi connectivity index (χ2n) is 5.78. The number of carbonyl (C=O) groups excluding carboxylic acids is 3. The summed E-state index contributed by atoms with van der Waals surface area (Å²) < 4.78 is 0. The van der Waals surface area contributed by atoms with Gasteiger partial charge in [-0.1, -0.05) is 18.2 Å². The van der Waals surface area contributed by atoms with Gasteiger partial charge in [0.25, 0.3) is 5.91 Å². The molecule has 3 rings (SSSR count). The maximum absolute atomic E-state index is 12.4. The molecule has 0 radical (unpaired) electrons. The third-order valence-corrected chi connectivity index (χ3v) is 4.21. The van der Waals surface area contributed by atoms with Crippen LogP contribution in [0, 0.1) is 0 Å². The monoisotopic (exact) mass is 316 g/mol. The van der Waals surface area contributed by atoms with Crippen LogP contribution >= 0.6 is 0 Å². The minimum Gasteiger partial charge on any atom is -0.370 e. The van der Waals surface area contributed by atoms with Gasteiger partial charge >= 0.3 is 6.03 Å². The molecule has 1 atom stereocenters. The standard InChI is InChI=1S/C16H20N4O3/c21-14(11-13-15(22)18-16(23)17-13)20-8-4-7-19(9-10-20)12-5-2-1-3-6-12/h1-3,5-6,13H,4,7-11H2,(H2,17,18,22,23)/t13-/m1/s1. The van der Waals surface area contributed by atoms with Crippen molar-refractivity contribution in [2.75, 3.05) is 31.1 Å². The summed E-state index contributed by atoms with van der Waals surface area (Å²) in [6.07, 6.45) is 0.896. The van der Waals surface area contributed by atoms with Crippen LogP contribution in [0.15, 0.2) is 30.3 Å². The van der Waals surface area contributed by atoms with E-state index in [1.165, 1.54) is 0 Å².